The summed E-state index contributed by atoms with van der Waals surface area (Å²) in [5.74, 6) is -0.583. The van der Waals surface area contributed by atoms with Crippen molar-refractivity contribution < 1.29 is 14.3 Å². The minimum atomic E-state index is -0.351. The predicted octanol–water partition coefficient (Wildman–Crippen LogP) is 4.41. The maximum absolute atomic E-state index is 12.1. The summed E-state index contributed by atoms with van der Waals surface area (Å²) in [6.45, 7) is 0.218. The van der Waals surface area contributed by atoms with Crippen LogP contribution in [-0.4, -0.2) is 35.4 Å². The zero-order chi connectivity index (χ0) is 19.2. The third-order valence-corrected chi connectivity index (χ3v) is 5.52. The number of rotatable bonds is 8. The lowest BCUT2D eigenvalue weighted by Crippen LogP contribution is -2.30. The number of aromatic amines is 1. The number of nitrogens with zero attached hydrogens (tertiary/aromatic N) is 1. The van der Waals surface area contributed by atoms with Gasteiger partial charge in [0.15, 0.2) is 6.61 Å². The molecule has 0 atom stereocenters. The number of esters is 1. The summed E-state index contributed by atoms with van der Waals surface area (Å²) in [6, 6.07) is 11.8. The molecule has 0 aliphatic rings. The lowest BCUT2D eigenvalue weighted by atomic mass is 10.1. The number of benzene rings is 1. The molecule has 0 spiro atoms. The molecule has 3 rings (SSSR count). The standard InChI is InChI=1S/C20H21ClN2O3S/c1-23(12-15-9-10-18(21)27-15)19(24)13-26-20(25)8-4-5-14-11-22-17-7-3-2-6-16(14)17/h2-3,6-7,9-11,22H,4-5,8,12-13H2,1H3. The van der Waals surface area contributed by atoms with Crippen LogP contribution < -0.4 is 0 Å². The number of carbonyl (C=O) groups is 2. The molecule has 1 aromatic carbocycles. The molecule has 0 aliphatic carbocycles. The zero-order valence-electron chi connectivity index (χ0n) is 15.0. The molecule has 1 amide bonds. The molecule has 0 radical (unpaired) electrons. The van der Waals surface area contributed by atoms with E-state index >= 15 is 0 Å². The van der Waals surface area contributed by atoms with Gasteiger partial charge in [-0.3, -0.25) is 9.59 Å². The van der Waals surface area contributed by atoms with Crippen LogP contribution in [0.25, 0.3) is 10.9 Å². The molecule has 0 fully saturated rings. The van der Waals surface area contributed by atoms with Gasteiger partial charge in [-0.15, -0.1) is 11.3 Å². The van der Waals surface area contributed by atoms with Crippen LogP contribution in [0.5, 0.6) is 0 Å². The quantitative estimate of drug-likeness (QED) is 0.566. The Labute approximate surface area is 166 Å². The van der Waals surface area contributed by atoms with E-state index < -0.39 is 0 Å². The molecule has 142 valence electrons. The fourth-order valence-electron chi connectivity index (χ4n) is 2.84. The summed E-state index contributed by atoms with van der Waals surface area (Å²) in [7, 11) is 1.68. The molecule has 7 heteroatoms. The molecule has 2 heterocycles. The number of amides is 1. The van der Waals surface area contributed by atoms with Gasteiger partial charge in [-0.25, -0.2) is 0 Å². The molecule has 5 nitrogen and oxygen atoms in total. The molecule has 27 heavy (non-hydrogen) atoms. The number of thiophene rings is 1. The first-order chi connectivity index (χ1) is 13.0. The monoisotopic (exact) mass is 404 g/mol. The molecule has 0 unspecified atom stereocenters. The minimum absolute atomic E-state index is 0.232. The maximum atomic E-state index is 12.1. The van der Waals surface area contributed by atoms with Crippen molar-refractivity contribution in [3.8, 4) is 0 Å². The highest BCUT2D eigenvalue weighted by Crippen LogP contribution is 2.22. The molecular formula is C20H21ClN2O3S. The molecular weight excluding hydrogens is 384 g/mol. The Bertz CT molecular complexity index is 934. The number of likely N-dealkylation sites (N-methyl/N-ethyl adjacent to an activating group) is 1. The summed E-state index contributed by atoms with van der Waals surface area (Å²) < 4.78 is 5.80. The minimum Gasteiger partial charge on any atom is -0.456 e. The number of H-pyrrole nitrogens is 1. The van der Waals surface area contributed by atoms with Crippen LogP contribution in [-0.2, 0) is 27.3 Å². The summed E-state index contributed by atoms with van der Waals surface area (Å²) in [5.41, 5.74) is 2.28. The molecule has 0 aliphatic heterocycles. The van der Waals surface area contributed by atoms with Crippen molar-refractivity contribution in [2.75, 3.05) is 13.7 Å². The smallest absolute Gasteiger partial charge is 0.306 e. The van der Waals surface area contributed by atoms with E-state index in [1.165, 1.54) is 27.2 Å². The van der Waals surface area contributed by atoms with Gasteiger partial charge < -0.3 is 14.6 Å². The summed E-state index contributed by atoms with van der Waals surface area (Å²) in [6.07, 6.45) is 3.73. The second-order valence-corrected chi connectivity index (χ2v) is 8.13. The van der Waals surface area contributed by atoms with E-state index in [1.807, 2.05) is 30.5 Å². The third-order valence-electron chi connectivity index (χ3n) is 4.31. The number of aryl methyl sites for hydroxylation is 1. The van der Waals surface area contributed by atoms with E-state index in [2.05, 4.69) is 11.1 Å². The summed E-state index contributed by atoms with van der Waals surface area (Å²) >= 11 is 7.32. The second kappa shape index (κ2) is 9.06. The van der Waals surface area contributed by atoms with Gasteiger partial charge in [0, 0.05) is 35.4 Å². The first kappa shape index (κ1) is 19.5. The highest BCUT2D eigenvalue weighted by atomic mass is 35.5. The Morgan fingerprint density at radius 1 is 1.22 bits per heavy atom. The fourth-order valence-corrected chi connectivity index (χ4v) is 3.99. The number of aromatic nitrogens is 1. The number of ether oxygens (including phenoxy) is 1. The number of hydrogen-bond acceptors (Lipinski definition) is 4. The van der Waals surface area contributed by atoms with Gasteiger partial charge in [-0.1, -0.05) is 29.8 Å². The van der Waals surface area contributed by atoms with Crippen LogP contribution in [0.4, 0.5) is 0 Å². The number of halogens is 1. The van der Waals surface area contributed by atoms with Crippen LogP contribution in [0.1, 0.15) is 23.3 Å². The number of para-hydroxylation sites is 1. The van der Waals surface area contributed by atoms with Crippen LogP contribution in [0, 0.1) is 0 Å². The Hall–Kier alpha value is -2.31. The largest absolute Gasteiger partial charge is 0.456 e. The molecule has 3 aromatic rings. The van der Waals surface area contributed by atoms with Crippen molar-refractivity contribution >= 4 is 45.7 Å². The summed E-state index contributed by atoms with van der Waals surface area (Å²) in [5, 5.41) is 1.18. The Morgan fingerprint density at radius 3 is 2.81 bits per heavy atom. The topological polar surface area (TPSA) is 62.4 Å². The Morgan fingerprint density at radius 2 is 2.04 bits per heavy atom. The van der Waals surface area contributed by atoms with E-state index in [1.54, 1.807) is 13.1 Å². The van der Waals surface area contributed by atoms with E-state index in [0.29, 0.717) is 17.3 Å². The molecule has 0 saturated heterocycles. The first-order valence-corrected chi connectivity index (χ1v) is 9.91. The van der Waals surface area contributed by atoms with Gasteiger partial charge in [-0.05, 0) is 36.6 Å². The van der Waals surface area contributed by atoms with E-state index in [9.17, 15) is 9.59 Å². The van der Waals surface area contributed by atoms with Gasteiger partial charge in [0.05, 0.1) is 10.9 Å². The van der Waals surface area contributed by atoms with E-state index in [-0.39, 0.29) is 24.9 Å². The van der Waals surface area contributed by atoms with Crippen molar-refractivity contribution in [3.05, 3.63) is 57.4 Å². The number of carbonyl (C=O) groups excluding carboxylic acids is 2. The lowest BCUT2D eigenvalue weighted by molar-refractivity contribution is -0.151. The van der Waals surface area contributed by atoms with Crippen molar-refractivity contribution in [1.82, 2.24) is 9.88 Å². The van der Waals surface area contributed by atoms with Crippen LogP contribution in [0.15, 0.2) is 42.6 Å². The molecule has 1 N–H and O–H groups in total. The Balaban J connectivity index is 1.38. The number of hydrogen-bond donors (Lipinski definition) is 1. The second-order valence-electron chi connectivity index (χ2n) is 6.33. The van der Waals surface area contributed by atoms with Crippen molar-refractivity contribution in [3.63, 3.8) is 0 Å². The SMILES string of the molecule is CN(Cc1ccc(Cl)s1)C(=O)COC(=O)CCCc1c[nH]c2ccccc12. The number of fused-ring (bicyclic) bond motifs is 1. The molecule has 0 bridgehead atoms. The van der Waals surface area contributed by atoms with Crippen LogP contribution in [0.3, 0.4) is 0 Å². The van der Waals surface area contributed by atoms with Gasteiger partial charge in [-0.2, -0.15) is 0 Å². The first-order valence-electron chi connectivity index (χ1n) is 8.71. The highest BCUT2D eigenvalue weighted by Gasteiger charge is 2.13. The van der Waals surface area contributed by atoms with Gasteiger partial charge in [0.1, 0.15) is 0 Å². The average molecular weight is 405 g/mol. The number of nitrogens with one attached hydrogen (secondary N) is 1. The van der Waals surface area contributed by atoms with Gasteiger partial charge in [0.2, 0.25) is 0 Å². The van der Waals surface area contributed by atoms with Crippen molar-refractivity contribution in [2.45, 2.75) is 25.8 Å². The fraction of sp³-hybridized carbons (Fsp3) is 0.300. The van der Waals surface area contributed by atoms with Crippen molar-refractivity contribution in [2.24, 2.45) is 0 Å². The third kappa shape index (κ3) is 5.34. The van der Waals surface area contributed by atoms with Crippen LogP contribution >= 0.6 is 22.9 Å². The van der Waals surface area contributed by atoms with Gasteiger partial charge in [0.25, 0.3) is 5.91 Å². The average Bonchev–Trinajstić information content (AvgIpc) is 3.26. The summed E-state index contributed by atoms with van der Waals surface area (Å²) in [4.78, 5) is 29.7. The Kier molecular flexibility index (Phi) is 6.53. The van der Waals surface area contributed by atoms with E-state index in [4.69, 9.17) is 16.3 Å². The predicted molar refractivity (Wildman–Crippen MR) is 108 cm³/mol. The van der Waals surface area contributed by atoms with E-state index in [0.717, 1.165) is 16.8 Å². The molecule has 0 saturated carbocycles. The van der Waals surface area contributed by atoms with Crippen molar-refractivity contribution in [1.29, 1.82) is 0 Å². The zero-order valence-corrected chi connectivity index (χ0v) is 16.6. The molecule has 2 aromatic heterocycles. The normalized spacial score (nSPS) is 10.9. The maximum Gasteiger partial charge on any atom is 0.306 e. The highest BCUT2D eigenvalue weighted by molar-refractivity contribution is 7.16. The lowest BCUT2D eigenvalue weighted by Gasteiger charge is -2.16. The van der Waals surface area contributed by atoms with Gasteiger partial charge >= 0.3 is 5.97 Å². The van der Waals surface area contributed by atoms with Crippen LogP contribution in [0.2, 0.25) is 4.34 Å².